The molecule has 148 valence electrons. The van der Waals surface area contributed by atoms with Crippen LogP contribution in [0.4, 0.5) is 10.1 Å². The molecule has 0 spiro atoms. The lowest BCUT2D eigenvalue weighted by Gasteiger charge is -2.41. The van der Waals surface area contributed by atoms with Crippen LogP contribution >= 0.6 is 11.8 Å². The molecule has 28 heavy (non-hydrogen) atoms. The van der Waals surface area contributed by atoms with Crippen LogP contribution in [0.5, 0.6) is 0 Å². The topological polar surface area (TPSA) is 36.4 Å². The molecule has 0 bridgehead atoms. The Morgan fingerprint density at radius 3 is 2.64 bits per heavy atom. The zero-order valence-corrected chi connectivity index (χ0v) is 17.0. The highest BCUT2D eigenvalue weighted by Crippen LogP contribution is 2.32. The Morgan fingerprint density at radius 1 is 1.11 bits per heavy atom. The van der Waals surface area contributed by atoms with Crippen LogP contribution in [-0.2, 0) is 4.79 Å². The van der Waals surface area contributed by atoms with Gasteiger partial charge >= 0.3 is 0 Å². The molecule has 0 radical (unpaired) electrons. The van der Waals surface area contributed by atoms with Crippen molar-refractivity contribution in [3.05, 3.63) is 54.0 Å². The number of benzene rings is 1. The Bertz CT molecular complexity index is 824. The Kier molecular flexibility index (Phi) is 5.97. The van der Waals surface area contributed by atoms with Gasteiger partial charge in [0.1, 0.15) is 5.82 Å². The van der Waals surface area contributed by atoms with Gasteiger partial charge in [-0.1, -0.05) is 6.07 Å². The zero-order chi connectivity index (χ0) is 19.5. The Balaban J connectivity index is 1.39. The SMILES string of the molecule is Cc1cc(F)ccc1N1CCC[C@@H](N2CCC(Sc3ccccn3)CC2)C1=O. The summed E-state index contributed by atoms with van der Waals surface area (Å²) in [6, 6.07) is 10.7. The maximum Gasteiger partial charge on any atom is 0.244 e. The predicted molar refractivity (Wildman–Crippen MR) is 111 cm³/mol. The predicted octanol–water partition coefficient (Wildman–Crippen LogP) is 4.28. The molecule has 1 aromatic carbocycles. The number of rotatable bonds is 4. The average Bonchev–Trinajstić information content (AvgIpc) is 2.70. The van der Waals surface area contributed by atoms with Crippen LogP contribution in [0.3, 0.4) is 0 Å². The van der Waals surface area contributed by atoms with Crippen LogP contribution in [0.15, 0.2) is 47.6 Å². The fraction of sp³-hybridized carbons (Fsp3) is 0.455. The lowest BCUT2D eigenvalue weighted by Crippen LogP contribution is -2.54. The van der Waals surface area contributed by atoms with E-state index in [1.807, 2.05) is 41.9 Å². The van der Waals surface area contributed by atoms with Gasteiger partial charge in [-0.25, -0.2) is 9.37 Å². The van der Waals surface area contributed by atoms with Crippen LogP contribution < -0.4 is 4.90 Å². The van der Waals surface area contributed by atoms with Gasteiger partial charge in [-0.2, -0.15) is 0 Å². The van der Waals surface area contributed by atoms with Gasteiger partial charge in [0.2, 0.25) is 5.91 Å². The Morgan fingerprint density at radius 2 is 1.93 bits per heavy atom. The molecule has 2 aromatic rings. The minimum absolute atomic E-state index is 0.0565. The third kappa shape index (κ3) is 4.23. The number of aryl methyl sites for hydroxylation is 1. The number of hydrogen-bond acceptors (Lipinski definition) is 4. The number of amides is 1. The highest BCUT2D eigenvalue weighted by atomic mass is 32.2. The number of carbonyl (C=O) groups excluding carboxylic acids is 1. The number of piperidine rings is 2. The number of carbonyl (C=O) groups is 1. The Labute approximate surface area is 170 Å². The largest absolute Gasteiger partial charge is 0.311 e. The number of halogens is 1. The van der Waals surface area contributed by atoms with Gasteiger partial charge in [-0.15, -0.1) is 11.8 Å². The molecule has 2 aliphatic heterocycles. The minimum atomic E-state index is -0.255. The van der Waals surface area contributed by atoms with E-state index in [2.05, 4.69) is 16.0 Å². The van der Waals surface area contributed by atoms with E-state index < -0.39 is 0 Å². The quantitative estimate of drug-likeness (QED) is 0.769. The van der Waals surface area contributed by atoms with Crippen LogP contribution in [0.1, 0.15) is 31.2 Å². The normalized spacial score (nSPS) is 21.9. The van der Waals surface area contributed by atoms with E-state index in [0.29, 0.717) is 11.8 Å². The second-order valence-electron chi connectivity index (χ2n) is 7.60. The summed E-state index contributed by atoms with van der Waals surface area (Å²) in [5.41, 5.74) is 1.66. The van der Waals surface area contributed by atoms with Crippen molar-refractivity contribution in [2.45, 2.75) is 48.9 Å². The van der Waals surface area contributed by atoms with Crippen molar-refractivity contribution in [2.75, 3.05) is 24.5 Å². The van der Waals surface area contributed by atoms with Crippen molar-refractivity contribution in [3.8, 4) is 0 Å². The van der Waals surface area contributed by atoms with Crippen molar-refractivity contribution < 1.29 is 9.18 Å². The summed E-state index contributed by atoms with van der Waals surface area (Å²) in [7, 11) is 0. The first-order chi connectivity index (χ1) is 13.6. The van der Waals surface area contributed by atoms with Crippen LogP contribution in [-0.4, -0.2) is 46.7 Å². The molecule has 0 aliphatic carbocycles. The summed E-state index contributed by atoms with van der Waals surface area (Å²) in [5.74, 6) is -0.0912. The molecule has 4 nitrogen and oxygen atoms in total. The van der Waals surface area contributed by atoms with Crippen molar-refractivity contribution in [1.82, 2.24) is 9.88 Å². The van der Waals surface area contributed by atoms with Crippen molar-refractivity contribution in [2.24, 2.45) is 0 Å². The van der Waals surface area contributed by atoms with Crippen molar-refractivity contribution in [1.29, 1.82) is 0 Å². The van der Waals surface area contributed by atoms with E-state index in [9.17, 15) is 9.18 Å². The van der Waals surface area contributed by atoms with Gasteiger partial charge in [-0.05, 0) is 81.6 Å². The fourth-order valence-electron chi connectivity index (χ4n) is 4.25. The molecule has 1 atom stereocenters. The average molecular weight is 400 g/mol. The van der Waals surface area contributed by atoms with Gasteiger partial charge in [0.25, 0.3) is 0 Å². The molecular weight excluding hydrogens is 373 g/mol. The molecule has 3 heterocycles. The van der Waals surface area contributed by atoms with E-state index in [-0.39, 0.29) is 17.8 Å². The summed E-state index contributed by atoms with van der Waals surface area (Å²) < 4.78 is 13.5. The molecule has 6 heteroatoms. The van der Waals surface area contributed by atoms with Crippen LogP contribution in [0.2, 0.25) is 0 Å². The van der Waals surface area contributed by atoms with Crippen molar-refractivity contribution >= 4 is 23.4 Å². The molecule has 0 unspecified atom stereocenters. The summed E-state index contributed by atoms with van der Waals surface area (Å²) >= 11 is 1.85. The summed E-state index contributed by atoms with van der Waals surface area (Å²) in [6.07, 6.45) is 5.87. The summed E-state index contributed by atoms with van der Waals surface area (Å²) in [6.45, 7) is 4.47. The standard InChI is InChI=1S/C22H26FN3OS/c1-16-15-17(23)7-8-19(16)26-12-4-5-20(22(26)27)25-13-9-18(10-14-25)28-21-6-2-3-11-24-21/h2-3,6-8,11,15,18,20H,4-5,9-10,12-14H2,1H3/t20-/m1/s1. The number of anilines is 1. The first kappa shape index (κ1) is 19.4. The van der Waals surface area contributed by atoms with E-state index in [1.54, 1.807) is 6.07 Å². The first-order valence-electron chi connectivity index (χ1n) is 10.0. The first-order valence-corrected chi connectivity index (χ1v) is 10.9. The number of nitrogens with zero attached hydrogens (tertiary/aromatic N) is 3. The maximum absolute atomic E-state index is 13.5. The third-order valence-corrected chi connectivity index (χ3v) is 6.99. The fourth-order valence-corrected chi connectivity index (χ4v) is 5.32. The van der Waals surface area contributed by atoms with Gasteiger partial charge in [0.15, 0.2) is 0 Å². The molecule has 4 rings (SSSR count). The van der Waals surface area contributed by atoms with E-state index >= 15 is 0 Å². The van der Waals surface area contributed by atoms with E-state index in [0.717, 1.165) is 55.0 Å². The molecule has 0 N–H and O–H groups in total. The summed E-state index contributed by atoms with van der Waals surface area (Å²) in [5, 5.41) is 1.63. The molecule has 2 aliphatic rings. The van der Waals surface area contributed by atoms with Crippen LogP contribution in [0.25, 0.3) is 0 Å². The summed E-state index contributed by atoms with van der Waals surface area (Å²) in [4.78, 5) is 21.8. The van der Waals surface area contributed by atoms with Crippen LogP contribution in [0, 0.1) is 12.7 Å². The highest BCUT2D eigenvalue weighted by Gasteiger charge is 2.36. The zero-order valence-electron chi connectivity index (χ0n) is 16.2. The monoisotopic (exact) mass is 399 g/mol. The van der Waals surface area contributed by atoms with Gasteiger partial charge in [0.05, 0.1) is 11.1 Å². The van der Waals surface area contributed by atoms with E-state index in [1.165, 1.54) is 12.1 Å². The van der Waals surface area contributed by atoms with Gasteiger partial charge < -0.3 is 4.90 Å². The molecule has 2 fully saturated rings. The number of pyridine rings is 1. The van der Waals surface area contributed by atoms with Crippen molar-refractivity contribution in [3.63, 3.8) is 0 Å². The molecular formula is C22H26FN3OS. The second kappa shape index (κ2) is 8.62. The van der Waals surface area contributed by atoms with E-state index in [4.69, 9.17) is 0 Å². The van der Waals surface area contributed by atoms with Gasteiger partial charge in [0, 0.05) is 23.7 Å². The number of likely N-dealkylation sites (tertiary alicyclic amines) is 1. The lowest BCUT2D eigenvalue weighted by atomic mass is 9.98. The molecule has 0 saturated carbocycles. The molecule has 1 amide bonds. The number of thioether (sulfide) groups is 1. The maximum atomic E-state index is 13.5. The highest BCUT2D eigenvalue weighted by molar-refractivity contribution is 7.99. The lowest BCUT2D eigenvalue weighted by molar-refractivity contribution is -0.125. The molecule has 2 saturated heterocycles. The molecule has 1 aromatic heterocycles. The number of aromatic nitrogens is 1. The van der Waals surface area contributed by atoms with Gasteiger partial charge in [-0.3, -0.25) is 9.69 Å². The second-order valence-corrected chi connectivity index (χ2v) is 8.92. The minimum Gasteiger partial charge on any atom is -0.311 e. The Hall–Kier alpha value is -1.92. The smallest absolute Gasteiger partial charge is 0.244 e. The third-order valence-electron chi connectivity index (χ3n) is 5.70. The number of hydrogen-bond donors (Lipinski definition) is 0.